The van der Waals surface area contributed by atoms with Crippen LogP contribution in [0.25, 0.3) is 10.8 Å². The molecule has 1 fully saturated rings. The molecule has 2 aromatic carbocycles. The fraction of sp³-hybridized carbons (Fsp3) is 0.312. The van der Waals surface area contributed by atoms with Crippen molar-refractivity contribution in [3.8, 4) is 0 Å². The predicted octanol–water partition coefficient (Wildman–Crippen LogP) is 2.19. The first-order valence-corrected chi connectivity index (χ1v) is 8.51. The van der Waals surface area contributed by atoms with Gasteiger partial charge in [-0.25, -0.2) is 13.2 Å². The fourth-order valence-electron chi connectivity index (χ4n) is 2.66. The highest BCUT2D eigenvalue weighted by molar-refractivity contribution is 7.92. The van der Waals surface area contributed by atoms with Crippen LogP contribution in [0.2, 0.25) is 0 Å². The fourth-order valence-corrected chi connectivity index (χ4v) is 4.44. The van der Waals surface area contributed by atoms with E-state index in [2.05, 4.69) is 0 Å². The van der Waals surface area contributed by atoms with E-state index < -0.39 is 21.1 Å². The molecule has 5 nitrogen and oxygen atoms in total. The number of sulfone groups is 1. The van der Waals surface area contributed by atoms with Crippen molar-refractivity contribution >= 4 is 26.6 Å². The number of hydrogen-bond donors (Lipinski definition) is 0. The summed E-state index contributed by atoms with van der Waals surface area (Å²) in [5, 5.41) is 0.953. The Morgan fingerprint density at radius 3 is 2.50 bits per heavy atom. The van der Waals surface area contributed by atoms with E-state index >= 15 is 0 Å². The molecule has 0 bridgehead atoms. The molecule has 2 aromatic rings. The largest absolute Gasteiger partial charge is 0.465 e. The van der Waals surface area contributed by atoms with Crippen LogP contribution in [0.5, 0.6) is 0 Å². The van der Waals surface area contributed by atoms with Gasteiger partial charge in [-0.2, -0.15) is 0 Å². The molecule has 1 heterocycles. The maximum absolute atomic E-state index is 12.8. The molecule has 1 aliphatic rings. The Balaban J connectivity index is 2.24. The van der Waals surface area contributed by atoms with Gasteiger partial charge < -0.3 is 9.47 Å². The van der Waals surface area contributed by atoms with Crippen LogP contribution in [0, 0.1) is 0 Å². The molecule has 22 heavy (non-hydrogen) atoms. The highest BCUT2D eigenvalue weighted by Crippen LogP contribution is 2.29. The predicted molar refractivity (Wildman–Crippen MR) is 81.7 cm³/mol. The van der Waals surface area contributed by atoms with Gasteiger partial charge in [0.25, 0.3) is 0 Å². The molecular formula is C16H16O5S. The summed E-state index contributed by atoms with van der Waals surface area (Å²) >= 11 is 0. The number of methoxy groups -OCH3 is 1. The highest BCUT2D eigenvalue weighted by Gasteiger charge is 2.34. The van der Waals surface area contributed by atoms with E-state index in [1.807, 2.05) is 24.3 Å². The summed E-state index contributed by atoms with van der Waals surface area (Å²) in [4.78, 5) is 12.0. The summed E-state index contributed by atoms with van der Waals surface area (Å²) in [6, 6.07) is 10.4. The van der Waals surface area contributed by atoms with E-state index in [4.69, 9.17) is 9.47 Å². The molecule has 0 N–H and O–H groups in total. The molecule has 116 valence electrons. The molecule has 1 aliphatic heterocycles. The molecule has 6 heteroatoms. The first-order valence-electron chi connectivity index (χ1n) is 6.97. The minimum absolute atomic E-state index is 0.0218. The van der Waals surface area contributed by atoms with Gasteiger partial charge in [-0.3, -0.25) is 0 Å². The smallest absolute Gasteiger partial charge is 0.339 e. The highest BCUT2D eigenvalue weighted by atomic mass is 32.2. The zero-order valence-electron chi connectivity index (χ0n) is 12.1. The Morgan fingerprint density at radius 1 is 1.23 bits per heavy atom. The van der Waals surface area contributed by atoms with E-state index in [0.29, 0.717) is 13.0 Å². The van der Waals surface area contributed by atoms with E-state index in [1.54, 1.807) is 12.1 Å². The summed E-state index contributed by atoms with van der Waals surface area (Å²) < 4.78 is 35.6. The van der Waals surface area contributed by atoms with E-state index in [0.717, 1.165) is 10.8 Å². The summed E-state index contributed by atoms with van der Waals surface area (Å²) in [5.41, 5.74) is 0.0769. The van der Waals surface area contributed by atoms with Crippen molar-refractivity contribution in [1.82, 2.24) is 0 Å². The van der Waals surface area contributed by atoms with Gasteiger partial charge >= 0.3 is 5.97 Å². The van der Waals surface area contributed by atoms with Crippen molar-refractivity contribution in [1.29, 1.82) is 0 Å². The Hall–Kier alpha value is -1.92. The van der Waals surface area contributed by atoms with Gasteiger partial charge in [0, 0.05) is 6.61 Å². The van der Waals surface area contributed by atoms with Gasteiger partial charge in [0.05, 0.1) is 29.4 Å². The summed E-state index contributed by atoms with van der Waals surface area (Å²) in [7, 11) is -2.40. The monoisotopic (exact) mass is 320 g/mol. The maximum Gasteiger partial charge on any atom is 0.339 e. The minimum Gasteiger partial charge on any atom is -0.465 e. The van der Waals surface area contributed by atoms with Gasteiger partial charge in [0.2, 0.25) is 0 Å². The van der Waals surface area contributed by atoms with Gasteiger partial charge in [0.15, 0.2) is 9.84 Å². The number of ether oxygens (including phenoxy) is 2. The van der Waals surface area contributed by atoms with Crippen molar-refractivity contribution in [3.63, 3.8) is 0 Å². The Labute approximate surface area is 128 Å². The number of carbonyl (C=O) groups excluding carboxylic acids is 1. The molecule has 0 radical (unpaired) electrons. The Bertz CT molecular complexity index is 820. The SMILES string of the molecule is COC(=O)c1cc2ccccc2cc1S(=O)(=O)C1CCOC1. The zero-order valence-corrected chi connectivity index (χ0v) is 12.9. The normalized spacial score (nSPS) is 18.5. The molecule has 0 amide bonds. The molecule has 0 aliphatic carbocycles. The topological polar surface area (TPSA) is 69.7 Å². The van der Waals surface area contributed by atoms with Crippen LogP contribution in [-0.4, -0.2) is 40.0 Å². The molecule has 0 spiro atoms. The Morgan fingerprint density at radius 2 is 1.91 bits per heavy atom. The summed E-state index contributed by atoms with van der Waals surface area (Å²) in [6.45, 7) is 0.584. The number of esters is 1. The molecular weight excluding hydrogens is 304 g/mol. The maximum atomic E-state index is 12.8. The van der Waals surface area contributed by atoms with Gasteiger partial charge in [-0.05, 0) is 29.3 Å². The lowest BCUT2D eigenvalue weighted by molar-refractivity contribution is 0.0596. The van der Waals surface area contributed by atoms with Crippen LogP contribution in [-0.2, 0) is 19.3 Å². The first-order chi connectivity index (χ1) is 10.5. The molecule has 1 saturated heterocycles. The standard InChI is InChI=1S/C16H16O5S/c1-20-16(17)14-8-11-4-2-3-5-12(11)9-15(14)22(18,19)13-6-7-21-10-13/h2-5,8-9,13H,6-7,10H2,1H3. The first kappa shape index (κ1) is 15.0. The van der Waals surface area contributed by atoms with Crippen molar-refractivity contribution in [2.45, 2.75) is 16.6 Å². The lowest BCUT2D eigenvalue weighted by Crippen LogP contribution is -2.24. The zero-order chi connectivity index (χ0) is 15.7. The van der Waals surface area contributed by atoms with Crippen molar-refractivity contribution in [3.05, 3.63) is 42.0 Å². The molecule has 1 atom stereocenters. The minimum atomic E-state index is -3.64. The van der Waals surface area contributed by atoms with Gasteiger partial charge in [0.1, 0.15) is 0 Å². The van der Waals surface area contributed by atoms with Crippen molar-refractivity contribution in [2.24, 2.45) is 0 Å². The van der Waals surface area contributed by atoms with Crippen molar-refractivity contribution in [2.75, 3.05) is 20.3 Å². The van der Waals surface area contributed by atoms with E-state index in [-0.39, 0.29) is 17.1 Å². The van der Waals surface area contributed by atoms with E-state index in [1.165, 1.54) is 7.11 Å². The number of rotatable bonds is 3. The third-order valence-electron chi connectivity index (χ3n) is 3.89. The number of hydrogen-bond acceptors (Lipinski definition) is 5. The second kappa shape index (κ2) is 5.70. The van der Waals surface area contributed by atoms with Crippen LogP contribution < -0.4 is 0 Å². The summed E-state index contributed by atoms with van der Waals surface area (Å²) in [6.07, 6.45) is 0.440. The number of fused-ring (bicyclic) bond motifs is 1. The third kappa shape index (κ3) is 2.48. The van der Waals surface area contributed by atoms with Crippen LogP contribution in [0.15, 0.2) is 41.3 Å². The van der Waals surface area contributed by atoms with Crippen molar-refractivity contribution < 1.29 is 22.7 Å². The summed E-state index contributed by atoms with van der Waals surface area (Å²) in [5.74, 6) is -0.650. The van der Waals surface area contributed by atoms with Crippen LogP contribution in [0.4, 0.5) is 0 Å². The van der Waals surface area contributed by atoms with Crippen LogP contribution >= 0.6 is 0 Å². The second-order valence-corrected chi connectivity index (χ2v) is 7.41. The Kier molecular flexibility index (Phi) is 3.88. The second-order valence-electron chi connectivity index (χ2n) is 5.22. The van der Waals surface area contributed by atoms with Gasteiger partial charge in [-0.15, -0.1) is 0 Å². The van der Waals surface area contributed by atoms with Gasteiger partial charge in [-0.1, -0.05) is 24.3 Å². The lowest BCUT2D eigenvalue weighted by Gasteiger charge is -2.14. The van der Waals surface area contributed by atoms with Crippen LogP contribution in [0.1, 0.15) is 16.8 Å². The quantitative estimate of drug-likeness (QED) is 0.811. The average molecular weight is 320 g/mol. The van der Waals surface area contributed by atoms with E-state index in [9.17, 15) is 13.2 Å². The molecule has 3 rings (SSSR count). The molecule has 0 saturated carbocycles. The average Bonchev–Trinajstić information content (AvgIpc) is 3.08. The number of benzene rings is 2. The molecule has 0 aromatic heterocycles. The lowest BCUT2D eigenvalue weighted by atomic mass is 10.1. The third-order valence-corrected chi connectivity index (χ3v) is 6.09. The van der Waals surface area contributed by atoms with Crippen LogP contribution in [0.3, 0.4) is 0 Å². The molecule has 1 unspecified atom stereocenters. The number of carbonyl (C=O) groups is 1.